The number of aliphatic imine (C=N–C) groups is 1. The van der Waals surface area contributed by atoms with Gasteiger partial charge in [0.1, 0.15) is 13.2 Å². The zero-order chi connectivity index (χ0) is 24.5. The number of nitrogens with one attached hydrogen (secondary N) is 2. The Balaban J connectivity index is 1.79. The second-order valence-electron chi connectivity index (χ2n) is 7.75. The number of hydroxylamine groups is 1. The summed E-state index contributed by atoms with van der Waals surface area (Å²) in [6, 6.07) is 14.1. The molecule has 1 aliphatic heterocycles. The average molecular weight is 466 g/mol. The second kappa shape index (κ2) is 11.7. The molecule has 10 nitrogen and oxygen atoms in total. The van der Waals surface area contributed by atoms with Gasteiger partial charge in [0.05, 0.1) is 5.69 Å². The fourth-order valence-corrected chi connectivity index (χ4v) is 3.30. The Morgan fingerprint density at radius 3 is 2.56 bits per heavy atom. The molecule has 10 heteroatoms. The Kier molecular flexibility index (Phi) is 8.49. The predicted octanol–water partition coefficient (Wildman–Crippen LogP) is 2.68. The van der Waals surface area contributed by atoms with Crippen molar-refractivity contribution in [2.75, 3.05) is 18.5 Å². The summed E-state index contributed by atoms with van der Waals surface area (Å²) in [5.41, 5.74) is 16.7. The van der Waals surface area contributed by atoms with E-state index in [0.29, 0.717) is 40.2 Å². The van der Waals surface area contributed by atoms with Gasteiger partial charge in [-0.25, -0.2) is 10.3 Å². The van der Waals surface area contributed by atoms with Crippen molar-refractivity contribution >= 4 is 41.1 Å². The third kappa shape index (κ3) is 7.26. The van der Waals surface area contributed by atoms with E-state index in [2.05, 4.69) is 15.5 Å². The van der Waals surface area contributed by atoms with E-state index in [9.17, 15) is 14.4 Å². The zero-order valence-electron chi connectivity index (χ0n) is 18.7. The topological polar surface area (TPSA) is 158 Å². The summed E-state index contributed by atoms with van der Waals surface area (Å²) >= 11 is 0. The van der Waals surface area contributed by atoms with Crippen molar-refractivity contribution in [2.24, 2.45) is 16.5 Å². The van der Waals surface area contributed by atoms with Crippen molar-refractivity contribution in [3.8, 4) is 0 Å². The van der Waals surface area contributed by atoms with Crippen molar-refractivity contribution in [1.29, 1.82) is 0 Å². The molecule has 1 heterocycles. The van der Waals surface area contributed by atoms with E-state index in [-0.39, 0.29) is 31.6 Å². The Morgan fingerprint density at radius 1 is 1.09 bits per heavy atom. The first kappa shape index (κ1) is 24.6. The number of amides is 3. The van der Waals surface area contributed by atoms with Gasteiger partial charge in [0.25, 0.3) is 11.8 Å². The maximum absolute atomic E-state index is 12.7. The van der Waals surface area contributed by atoms with Crippen LogP contribution in [0.4, 0.5) is 16.2 Å². The van der Waals surface area contributed by atoms with Crippen LogP contribution in [0.2, 0.25) is 0 Å². The number of carbonyl (C=O) groups excluding carboxylic acids is 3. The molecule has 0 fully saturated rings. The third-order valence-electron chi connectivity index (χ3n) is 4.77. The molecule has 0 aliphatic carbocycles. The van der Waals surface area contributed by atoms with E-state index in [0.717, 1.165) is 0 Å². The molecule has 2 aromatic rings. The van der Waals surface area contributed by atoms with E-state index in [4.69, 9.17) is 21.3 Å². The minimum atomic E-state index is -0.924. The van der Waals surface area contributed by atoms with Crippen LogP contribution < -0.4 is 22.3 Å². The van der Waals surface area contributed by atoms with Crippen LogP contribution in [-0.2, 0) is 14.4 Å². The van der Waals surface area contributed by atoms with E-state index < -0.39 is 12.0 Å². The molecular formula is C24H27N5O5. The van der Waals surface area contributed by atoms with Gasteiger partial charge in [-0.05, 0) is 37.3 Å². The van der Waals surface area contributed by atoms with Crippen molar-refractivity contribution in [2.45, 2.75) is 25.8 Å². The lowest BCUT2D eigenvalue weighted by Gasteiger charge is -2.11. The normalized spacial score (nSPS) is 13.5. The highest BCUT2D eigenvalue weighted by molar-refractivity contribution is 6.08. The summed E-state index contributed by atoms with van der Waals surface area (Å²) in [4.78, 5) is 45.7. The molecule has 3 amide bonds. The molecule has 1 unspecified atom stereocenters. The van der Waals surface area contributed by atoms with Gasteiger partial charge in [-0.2, -0.15) is 0 Å². The monoisotopic (exact) mass is 465 g/mol. The smallest absolute Gasteiger partial charge is 0.404 e. The van der Waals surface area contributed by atoms with Crippen LogP contribution in [0.1, 0.15) is 35.7 Å². The van der Waals surface area contributed by atoms with Crippen LogP contribution >= 0.6 is 0 Å². The first-order chi connectivity index (χ1) is 16.3. The second-order valence-corrected chi connectivity index (χ2v) is 7.75. The highest BCUT2D eigenvalue weighted by Gasteiger charge is 2.20. The molecule has 0 aromatic heterocycles. The zero-order valence-corrected chi connectivity index (χ0v) is 18.7. The summed E-state index contributed by atoms with van der Waals surface area (Å²) < 4.78 is 4.55. The molecule has 0 saturated carbocycles. The molecule has 0 bridgehead atoms. The Labute approximate surface area is 197 Å². The van der Waals surface area contributed by atoms with Crippen LogP contribution in [0.25, 0.3) is 6.08 Å². The van der Waals surface area contributed by atoms with Gasteiger partial charge in [0.15, 0.2) is 0 Å². The minimum absolute atomic E-state index is 0.0563. The molecule has 178 valence electrons. The number of primary amides is 1. The lowest BCUT2D eigenvalue weighted by Crippen LogP contribution is -2.29. The Hall–Kier alpha value is -4.02. The van der Waals surface area contributed by atoms with Crippen molar-refractivity contribution in [3.63, 3.8) is 0 Å². The number of rotatable bonds is 9. The number of anilines is 1. The van der Waals surface area contributed by atoms with Crippen molar-refractivity contribution in [1.82, 2.24) is 5.48 Å². The number of fused-ring (bicyclic) bond motifs is 1. The molecule has 0 spiro atoms. The maximum Gasteiger partial charge on any atom is 0.404 e. The van der Waals surface area contributed by atoms with Gasteiger partial charge in [-0.15, -0.1) is 0 Å². The van der Waals surface area contributed by atoms with Gasteiger partial charge >= 0.3 is 6.09 Å². The van der Waals surface area contributed by atoms with Crippen LogP contribution in [0.5, 0.6) is 0 Å². The number of hydrogen-bond acceptors (Lipinski definition) is 7. The first-order valence-corrected chi connectivity index (χ1v) is 10.7. The van der Waals surface area contributed by atoms with Crippen molar-refractivity contribution in [3.05, 3.63) is 65.2 Å². The molecule has 0 radical (unpaired) electrons. The minimum Gasteiger partial charge on any atom is -0.447 e. The molecule has 1 aliphatic rings. The highest BCUT2D eigenvalue weighted by Crippen LogP contribution is 2.29. The quantitative estimate of drug-likeness (QED) is 0.329. The van der Waals surface area contributed by atoms with E-state index in [1.165, 1.54) is 0 Å². The maximum atomic E-state index is 12.7. The summed E-state index contributed by atoms with van der Waals surface area (Å²) in [5, 5.41) is 2.85. The summed E-state index contributed by atoms with van der Waals surface area (Å²) in [6.45, 7) is 1.70. The van der Waals surface area contributed by atoms with Gasteiger partial charge < -0.3 is 21.5 Å². The number of ether oxygens (including phenoxy) is 1. The third-order valence-corrected chi connectivity index (χ3v) is 4.77. The molecule has 6 N–H and O–H groups in total. The molecule has 0 saturated heterocycles. The number of hydrogen-bond donors (Lipinski definition) is 4. The Morgan fingerprint density at radius 2 is 1.85 bits per heavy atom. The Bertz CT molecular complexity index is 1110. The molecule has 2 aromatic carbocycles. The van der Waals surface area contributed by atoms with Crippen LogP contribution in [0.3, 0.4) is 0 Å². The number of benzene rings is 2. The number of nitrogens with two attached hydrogens (primary N) is 2. The van der Waals surface area contributed by atoms with Gasteiger partial charge in [0.2, 0.25) is 0 Å². The predicted molar refractivity (Wildman–Crippen MR) is 128 cm³/mol. The largest absolute Gasteiger partial charge is 0.447 e. The van der Waals surface area contributed by atoms with Gasteiger partial charge in [-0.1, -0.05) is 24.3 Å². The van der Waals surface area contributed by atoms with Crippen LogP contribution in [-0.4, -0.2) is 42.9 Å². The molecular weight excluding hydrogens is 438 g/mol. The van der Waals surface area contributed by atoms with Crippen LogP contribution in [0, 0.1) is 0 Å². The average Bonchev–Trinajstić information content (AvgIpc) is 2.97. The SMILES string of the molecule is CC(N)CC1=Nc2cc(C(=O)Nc3ccccc3)ccc2C=C(C(=O)NOCCOC(N)=O)C1. The number of carbonyl (C=O) groups is 3. The van der Waals surface area contributed by atoms with Gasteiger partial charge in [-0.3, -0.25) is 19.4 Å². The lowest BCUT2D eigenvalue weighted by atomic mass is 10.0. The fraction of sp³-hybridized carbons (Fsp3) is 0.250. The summed E-state index contributed by atoms with van der Waals surface area (Å²) in [6.07, 6.45) is 1.50. The van der Waals surface area contributed by atoms with Gasteiger partial charge in [0, 0.05) is 47.0 Å². The number of para-hydroxylation sites is 1. The summed E-state index contributed by atoms with van der Waals surface area (Å²) in [5.74, 6) is -0.731. The molecule has 34 heavy (non-hydrogen) atoms. The molecule has 1 atom stereocenters. The van der Waals surface area contributed by atoms with E-state index in [1.807, 2.05) is 25.1 Å². The number of nitrogens with zero attached hydrogens (tertiary/aromatic N) is 1. The van der Waals surface area contributed by atoms with Crippen LogP contribution in [0.15, 0.2) is 59.1 Å². The summed E-state index contributed by atoms with van der Waals surface area (Å²) in [7, 11) is 0. The standard InChI is InChI=1S/C24H27N5O5/c1-15(25)11-20-13-18(23(31)29-34-10-9-33-24(26)32)12-16-7-8-17(14-21(16)27-20)22(30)28-19-5-3-2-4-6-19/h2-8,12,14-15H,9-11,13,25H2,1H3,(H2,26,32)(H,28,30)(H,29,31). The van der Waals surface area contributed by atoms with Crippen molar-refractivity contribution < 1.29 is 24.0 Å². The van der Waals surface area contributed by atoms with E-state index >= 15 is 0 Å². The lowest BCUT2D eigenvalue weighted by molar-refractivity contribution is -0.130. The highest BCUT2D eigenvalue weighted by atomic mass is 16.7. The first-order valence-electron chi connectivity index (χ1n) is 10.7. The fourth-order valence-electron chi connectivity index (χ4n) is 3.30. The molecule has 3 rings (SSSR count). The van der Waals surface area contributed by atoms with E-state index in [1.54, 1.807) is 36.4 Å².